The number of anilines is 1. The minimum absolute atomic E-state index is 0.505. The van der Waals surface area contributed by atoms with Crippen LogP contribution in [0.2, 0.25) is 0 Å². The second-order valence-electron chi connectivity index (χ2n) is 5.34. The molecule has 0 aliphatic carbocycles. The molecule has 0 aromatic carbocycles. The van der Waals surface area contributed by atoms with Crippen molar-refractivity contribution in [2.75, 3.05) is 18.0 Å². The SMILES string of the molecule is Cc1cc(C)nc(N2CCC(c3cnccn3)CC2)n1. The predicted octanol–water partition coefficient (Wildman–Crippen LogP) is 2.27. The highest BCUT2D eigenvalue weighted by molar-refractivity contribution is 5.33. The first-order valence-electron chi connectivity index (χ1n) is 7.05. The van der Waals surface area contributed by atoms with Gasteiger partial charge in [0.05, 0.1) is 5.69 Å². The fraction of sp³-hybridized carbons (Fsp3) is 0.467. The van der Waals surface area contributed by atoms with E-state index >= 15 is 0 Å². The van der Waals surface area contributed by atoms with Gasteiger partial charge in [-0.25, -0.2) is 9.97 Å². The van der Waals surface area contributed by atoms with Crippen LogP contribution in [0, 0.1) is 13.8 Å². The van der Waals surface area contributed by atoms with E-state index in [1.165, 1.54) is 0 Å². The Hall–Kier alpha value is -2.04. The molecule has 1 aliphatic heterocycles. The maximum absolute atomic E-state index is 4.54. The molecule has 104 valence electrons. The summed E-state index contributed by atoms with van der Waals surface area (Å²) in [5.74, 6) is 1.37. The molecule has 0 spiro atoms. The molecule has 0 atom stereocenters. The molecule has 0 bridgehead atoms. The van der Waals surface area contributed by atoms with Gasteiger partial charge >= 0.3 is 0 Å². The number of hydrogen-bond acceptors (Lipinski definition) is 5. The van der Waals surface area contributed by atoms with Crippen LogP contribution in [0.4, 0.5) is 5.95 Å². The molecule has 0 N–H and O–H groups in total. The van der Waals surface area contributed by atoms with E-state index in [4.69, 9.17) is 0 Å². The summed E-state index contributed by atoms with van der Waals surface area (Å²) in [6.45, 7) is 5.99. The van der Waals surface area contributed by atoms with Crippen LogP contribution in [0.25, 0.3) is 0 Å². The van der Waals surface area contributed by atoms with Crippen molar-refractivity contribution in [1.82, 2.24) is 19.9 Å². The van der Waals surface area contributed by atoms with Crippen LogP contribution < -0.4 is 4.90 Å². The molecule has 20 heavy (non-hydrogen) atoms. The normalized spacial score (nSPS) is 16.4. The maximum Gasteiger partial charge on any atom is 0.225 e. The summed E-state index contributed by atoms with van der Waals surface area (Å²) < 4.78 is 0. The van der Waals surface area contributed by atoms with Crippen LogP contribution in [0.15, 0.2) is 24.7 Å². The Kier molecular flexibility index (Phi) is 3.58. The van der Waals surface area contributed by atoms with E-state index < -0.39 is 0 Å². The second-order valence-corrected chi connectivity index (χ2v) is 5.34. The molecule has 0 unspecified atom stereocenters. The van der Waals surface area contributed by atoms with Gasteiger partial charge in [0.25, 0.3) is 0 Å². The van der Waals surface area contributed by atoms with Gasteiger partial charge in [-0.15, -0.1) is 0 Å². The Morgan fingerprint density at radius 2 is 1.75 bits per heavy atom. The van der Waals surface area contributed by atoms with Crippen molar-refractivity contribution in [3.05, 3.63) is 41.7 Å². The lowest BCUT2D eigenvalue weighted by atomic mass is 9.94. The fourth-order valence-corrected chi connectivity index (χ4v) is 2.75. The highest BCUT2D eigenvalue weighted by atomic mass is 15.3. The average Bonchev–Trinajstić information content (AvgIpc) is 2.47. The minimum Gasteiger partial charge on any atom is -0.341 e. The molecule has 1 saturated heterocycles. The Bertz CT molecular complexity index is 556. The van der Waals surface area contributed by atoms with E-state index in [1.807, 2.05) is 26.1 Å². The third kappa shape index (κ3) is 2.76. The van der Waals surface area contributed by atoms with Gasteiger partial charge in [0.15, 0.2) is 0 Å². The third-order valence-electron chi connectivity index (χ3n) is 3.75. The Morgan fingerprint density at radius 3 is 2.35 bits per heavy atom. The zero-order chi connectivity index (χ0) is 13.9. The number of piperidine rings is 1. The van der Waals surface area contributed by atoms with E-state index in [-0.39, 0.29) is 0 Å². The van der Waals surface area contributed by atoms with Gasteiger partial charge in [-0.2, -0.15) is 0 Å². The van der Waals surface area contributed by atoms with Gasteiger partial charge in [-0.1, -0.05) is 0 Å². The van der Waals surface area contributed by atoms with Gasteiger partial charge in [-0.3, -0.25) is 9.97 Å². The van der Waals surface area contributed by atoms with Gasteiger partial charge in [0.2, 0.25) is 5.95 Å². The van der Waals surface area contributed by atoms with Gasteiger partial charge in [0.1, 0.15) is 0 Å². The van der Waals surface area contributed by atoms with Gasteiger partial charge < -0.3 is 4.90 Å². The molecule has 1 aliphatic rings. The van der Waals surface area contributed by atoms with Crippen LogP contribution in [0.3, 0.4) is 0 Å². The lowest BCUT2D eigenvalue weighted by molar-refractivity contribution is 0.489. The van der Waals surface area contributed by atoms with E-state index in [0.717, 1.165) is 49.0 Å². The first-order valence-corrected chi connectivity index (χ1v) is 7.05. The molecule has 1 fully saturated rings. The van der Waals surface area contributed by atoms with Crippen molar-refractivity contribution >= 4 is 5.95 Å². The summed E-state index contributed by atoms with van der Waals surface area (Å²) in [6, 6.07) is 2.01. The van der Waals surface area contributed by atoms with Gasteiger partial charge in [0, 0.05) is 49.0 Å². The van der Waals surface area contributed by atoms with Crippen LogP contribution >= 0.6 is 0 Å². The quantitative estimate of drug-likeness (QED) is 0.837. The summed E-state index contributed by atoms with van der Waals surface area (Å²) in [5.41, 5.74) is 3.17. The molecular formula is C15H19N5. The van der Waals surface area contributed by atoms with Crippen molar-refractivity contribution in [1.29, 1.82) is 0 Å². The standard InChI is InChI=1S/C15H19N5/c1-11-9-12(2)19-15(18-11)20-7-3-13(4-8-20)14-10-16-5-6-17-14/h5-6,9-10,13H,3-4,7-8H2,1-2H3. The van der Waals surface area contributed by atoms with Crippen LogP contribution in [0.5, 0.6) is 0 Å². The van der Waals surface area contributed by atoms with E-state index in [1.54, 1.807) is 12.4 Å². The molecule has 0 saturated carbocycles. The lowest BCUT2D eigenvalue weighted by Crippen LogP contribution is -2.34. The van der Waals surface area contributed by atoms with Gasteiger partial charge in [-0.05, 0) is 32.8 Å². The third-order valence-corrected chi connectivity index (χ3v) is 3.75. The Labute approximate surface area is 119 Å². The van der Waals surface area contributed by atoms with E-state index in [2.05, 4.69) is 24.8 Å². The zero-order valence-electron chi connectivity index (χ0n) is 12.0. The molecule has 3 heterocycles. The summed E-state index contributed by atoms with van der Waals surface area (Å²) in [7, 11) is 0. The maximum atomic E-state index is 4.54. The highest BCUT2D eigenvalue weighted by Crippen LogP contribution is 2.27. The van der Waals surface area contributed by atoms with Crippen molar-refractivity contribution in [2.24, 2.45) is 0 Å². The fourth-order valence-electron chi connectivity index (χ4n) is 2.75. The van der Waals surface area contributed by atoms with Crippen molar-refractivity contribution in [3.8, 4) is 0 Å². The van der Waals surface area contributed by atoms with E-state index in [9.17, 15) is 0 Å². The van der Waals surface area contributed by atoms with Crippen molar-refractivity contribution < 1.29 is 0 Å². The number of aromatic nitrogens is 4. The molecule has 3 rings (SSSR count). The molecule has 2 aromatic rings. The molecule has 5 nitrogen and oxygen atoms in total. The molecule has 0 radical (unpaired) electrons. The summed E-state index contributed by atoms with van der Waals surface area (Å²) >= 11 is 0. The number of hydrogen-bond donors (Lipinski definition) is 0. The highest BCUT2D eigenvalue weighted by Gasteiger charge is 2.23. The first kappa shape index (κ1) is 13.0. The largest absolute Gasteiger partial charge is 0.341 e. The summed E-state index contributed by atoms with van der Waals surface area (Å²) in [5, 5.41) is 0. The van der Waals surface area contributed by atoms with Crippen LogP contribution in [-0.2, 0) is 0 Å². The Balaban J connectivity index is 1.69. The number of rotatable bonds is 2. The number of aryl methyl sites for hydroxylation is 2. The predicted molar refractivity (Wildman–Crippen MR) is 77.7 cm³/mol. The average molecular weight is 269 g/mol. The van der Waals surface area contributed by atoms with Crippen molar-refractivity contribution in [2.45, 2.75) is 32.6 Å². The van der Waals surface area contributed by atoms with E-state index in [0.29, 0.717) is 5.92 Å². The smallest absolute Gasteiger partial charge is 0.225 e. The summed E-state index contributed by atoms with van der Waals surface area (Å²) in [4.78, 5) is 19.9. The topological polar surface area (TPSA) is 54.8 Å². The van der Waals surface area contributed by atoms with Crippen LogP contribution in [0.1, 0.15) is 35.8 Å². The molecule has 2 aromatic heterocycles. The van der Waals surface area contributed by atoms with Crippen LogP contribution in [-0.4, -0.2) is 33.0 Å². The molecular weight excluding hydrogens is 250 g/mol. The number of nitrogens with zero attached hydrogens (tertiary/aromatic N) is 5. The minimum atomic E-state index is 0.505. The first-order chi connectivity index (χ1) is 9.72. The summed E-state index contributed by atoms with van der Waals surface area (Å²) in [6.07, 6.45) is 7.54. The molecule has 5 heteroatoms. The monoisotopic (exact) mass is 269 g/mol. The van der Waals surface area contributed by atoms with Crippen molar-refractivity contribution in [3.63, 3.8) is 0 Å². The zero-order valence-corrected chi connectivity index (χ0v) is 12.0. The lowest BCUT2D eigenvalue weighted by Gasteiger charge is -2.31. The Morgan fingerprint density at radius 1 is 1.05 bits per heavy atom. The molecule has 0 amide bonds. The second kappa shape index (κ2) is 5.53.